The van der Waals surface area contributed by atoms with Crippen molar-refractivity contribution in [1.29, 1.82) is 0 Å². The monoisotopic (exact) mass is 217 g/mol. The number of methoxy groups -OCH3 is 1. The molecule has 14 heavy (non-hydrogen) atoms. The molecule has 0 saturated carbocycles. The van der Waals surface area contributed by atoms with E-state index in [2.05, 4.69) is 10.1 Å². The Balaban J connectivity index is 1.94. The number of nitrogens with one attached hydrogen (secondary N) is 1. The summed E-state index contributed by atoms with van der Waals surface area (Å²) in [4.78, 5) is 10.8. The maximum Gasteiger partial charge on any atom is 0.306 e. The van der Waals surface area contributed by atoms with Crippen molar-refractivity contribution in [2.24, 2.45) is 5.92 Å². The molecule has 82 valence electrons. The van der Waals surface area contributed by atoms with Gasteiger partial charge in [0.2, 0.25) is 0 Å². The predicted octanol–water partition coefficient (Wildman–Crippen LogP) is 1.28. The minimum atomic E-state index is -0.0979. The van der Waals surface area contributed by atoms with Gasteiger partial charge in [-0.1, -0.05) is 0 Å². The lowest BCUT2D eigenvalue weighted by Crippen LogP contribution is -2.31. The van der Waals surface area contributed by atoms with Crippen molar-refractivity contribution in [3.8, 4) is 0 Å². The summed E-state index contributed by atoms with van der Waals surface area (Å²) >= 11 is 1.86. The molecule has 1 aliphatic heterocycles. The van der Waals surface area contributed by atoms with Gasteiger partial charge in [0.05, 0.1) is 13.5 Å². The molecule has 0 radical (unpaired) electrons. The molecule has 1 fully saturated rings. The van der Waals surface area contributed by atoms with Crippen LogP contribution in [0.3, 0.4) is 0 Å². The molecule has 0 aromatic carbocycles. The van der Waals surface area contributed by atoms with Crippen molar-refractivity contribution < 1.29 is 9.53 Å². The Kier molecular flexibility index (Phi) is 6.03. The second-order valence-electron chi connectivity index (χ2n) is 3.61. The Labute approximate surface area is 90.0 Å². The number of thioether (sulfide) groups is 1. The first-order valence-electron chi connectivity index (χ1n) is 5.18. The van der Waals surface area contributed by atoms with Crippen LogP contribution < -0.4 is 5.32 Å². The topological polar surface area (TPSA) is 38.3 Å². The van der Waals surface area contributed by atoms with Crippen LogP contribution in [0.15, 0.2) is 0 Å². The summed E-state index contributed by atoms with van der Waals surface area (Å²) in [6.07, 6.45) is 3.17. The average Bonchev–Trinajstić information content (AvgIpc) is 2.25. The molecule has 1 atom stereocenters. The molecule has 0 spiro atoms. The van der Waals surface area contributed by atoms with Crippen molar-refractivity contribution >= 4 is 17.7 Å². The quantitative estimate of drug-likeness (QED) is 0.556. The summed E-state index contributed by atoms with van der Waals surface area (Å²) in [7, 11) is 1.44. The fraction of sp³-hybridized carbons (Fsp3) is 0.900. The van der Waals surface area contributed by atoms with Crippen LogP contribution in [0.2, 0.25) is 0 Å². The molecule has 0 aromatic rings. The van der Waals surface area contributed by atoms with Crippen LogP contribution >= 0.6 is 11.8 Å². The van der Waals surface area contributed by atoms with Crippen molar-refractivity contribution in [3.63, 3.8) is 0 Å². The molecule has 1 saturated heterocycles. The molecular weight excluding hydrogens is 198 g/mol. The zero-order valence-corrected chi connectivity index (χ0v) is 9.57. The van der Waals surface area contributed by atoms with Crippen LogP contribution in [0, 0.1) is 5.92 Å². The fourth-order valence-electron chi connectivity index (χ4n) is 1.57. The van der Waals surface area contributed by atoms with Crippen molar-refractivity contribution in [1.82, 2.24) is 5.32 Å². The van der Waals surface area contributed by atoms with Gasteiger partial charge < -0.3 is 10.1 Å². The zero-order valence-electron chi connectivity index (χ0n) is 8.75. The van der Waals surface area contributed by atoms with E-state index in [0.717, 1.165) is 18.2 Å². The number of hydrogen-bond donors (Lipinski definition) is 1. The van der Waals surface area contributed by atoms with E-state index in [-0.39, 0.29) is 5.97 Å². The van der Waals surface area contributed by atoms with Gasteiger partial charge in [-0.3, -0.25) is 4.79 Å². The Morgan fingerprint density at radius 2 is 2.50 bits per heavy atom. The maximum atomic E-state index is 10.8. The number of esters is 1. The lowest BCUT2D eigenvalue weighted by molar-refractivity contribution is -0.140. The summed E-state index contributed by atoms with van der Waals surface area (Å²) in [6, 6.07) is 0. The van der Waals surface area contributed by atoms with Gasteiger partial charge in [0.1, 0.15) is 0 Å². The van der Waals surface area contributed by atoms with E-state index in [1.807, 2.05) is 11.8 Å². The average molecular weight is 217 g/mol. The molecule has 1 N–H and O–H groups in total. The molecule has 0 bridgehead atoms. The standard InChI is InChI=1S/C10H19NO2S/c1-13-10(12)4-6-14-8-9-3-2-5-11-7-9/h9,11H,2-8H2,1H3/t9-/m0/s1. The molecule has 1 heterocycles. The van der Waals surface area contributed by atoms with Crippen molar-refractivity contribution in [2.75, 3.05) is 31.7 Å². The van der Waals surface area contributed by atoms with Gasteiger partial charge in [0.15, 0.2) is 0 Å². The van der Waals surface area contributed by atoms with Crippen LogP contribution in [-0.2, 0) is 9.53 Å². The van der Waals surface area contributed by atoms with Gasteiger partial charge in [-0.2, -0.15) is 11.8 Å². The molecular formula is C10H19NO2S. The smallest absolute Gasteiger partial charge is 0.306 e. The predicted molar refractivity (Wildman–Crippen MR) is 59.6 cm³/mol. The van der Waals surface area contributed by atoms with E-state index in [0.29, 0.717) is 6.42 Å². The third-order valence-corrected chi connectivity index (χ3v) is 3.63. The van der Waals surface area contributed by atoms with Gasteiger partial charge in [0, 0.05) is 5.75 Å². The fourth-order valence-corrected chi connectivity index (χ4v) is 2.67. The minimum Gasteiger partial charge on any atom is -0.469 e. The van der Waals surface area contributed by atoms with Crippen LogP contribution in [0.5, 0.6) is 0 Å². The highest BCUT2D eigenvalue weighted by molar-refractivity contribution is 7.99. The highest BCUT2D eigenvalue weighted by atomic mass is 32.2. The lowest BCUT2D eigenvalue weighted by atomic mass is 10.0. The summed E-state index contributed by atoms with van der Waals surface area (Å²) in [5.41, 5.74) is 0. The minimum absolute atomic E-state index is 0.0979. The normalized spacial score (nSPS) is 21.9. The van der Waals surface area contributed by atoms with Crippen molar-refractivity contribution in [2.45, 2.75) is 19.3 Å². The Morgan fingerprint density at radius 3 is 3.14 bits per heavy atom. The second kappa shape index (κ2) is 7.12. The van der Waals surface area contributed by atoms with E-state index in [1.165, 1.54) is 32.2 Å². The third-order valence-electron chi connectivity index (χ3n) is 2.43. The number of carbonyl (C=O) groups excluding carboxylic acids is 1. The number of piperidine rings is 1. The molecule has 1 rings (SSSR count). The van der Waals surface area contributed by atoms with Gasteiger partial charge in [-0.25, -0.2) is 0 Å². The van der Waals surface area contributed by atoms with E-state index < -0.39 is 0 Å². The van der Waals surface area contributed by atoms with E-state index in [4.69, 9.17) is 0 Å². The van der Waals surface area contributed by atoms with E-state index >= 15 is 0 Å². The molecule has 4 heteroatoms. The van der Waals surface area contributed by atoms with Crippen LogP contribution in [0.4, 0.5) is 0 Å². The largest absolute Gasteiger partial charge is 0.469 e. The highest BCUT2D eigenvalue weighted by Gasteiger charge is 2.12. The molecule has 0 aromatic heterocycles. The number of hydrogen-bond acceptors (Lipinski definition) is 4. The summed E-state index contributed by atoms with van der Waals surface area (Å²) in [6.45, 7) is 2.31. The first-order valence-corrected chi connectivity index (χ1v) is 6.33. The summed E-state index contributed by atoms with van der Waals surface area (Å²) < 4.78 is 4.58. The molecule has 0 unspecified atom stereocenters. The van der Waals surface area contributed by atoms with Crippen LogP contribution in [0.25, 0.3) is 0 Å². The molecule has 3 nitrogen and oxygen atoms in total. The van der Waals surface area contributed by atoms with Crippen molar-refractivity contribution in [3.05, 3.63) is 0 Å². The first-order chi connectivity index (χ1) is 6.83. The second-order valence-corrected chi connectivity index (χ2v) is 4.76. The Bertz CT molecular complexity index is 170. The number of ether oxygens (including phenoxy) is 1. The Morgan fingerprint density at radius 1 is 1.64 bits per heavy atom. The summed E-state index contributed by atoms with van der Waals surface area (Å²) in [5, 5.41) is 3.39. The molecule has 0 amide bonds. The Hall–Kier alpha value is -0.220. The van der Waals surface area contributed by atoms with E-state index in [1.54, 1.807) is 0 Å². The van der Waals surface area contributed by atoms with E-state index in [9.17, 15) is 4.79 Å². The zero-order chi connectivity index (χ0) is 10.2. The number of rotatable bonds is 5. The van der Waals surface area contributed by atoms with Gasteiger partial charge in [0.25, 0.3) is 0 Å². The van der Waals surface area contributed by atoms with Crippen LogP contribution in [0.1, 0.15) is 19.3 Å². The lowest BCUT2D eigenvalue weighted by Gasteiger charge is -2.22. The molecule has 1 aliphatic rings. The third kappa shape index (κ3) is 4.86. The van der Waals surface area contributed by atoms with Gasteiger partial charge in [-0.15, -0.1) is 0 Å². The number of carbonyl (C=O) groups is 1. The SMILES string of the molecule is COC(=O)CCSC[C@H]1CCCNC1. The van der Waals surface area contributed by atoms with Crippen LogP contribution in [-0.4, -0.2) is 37.7 Å². The van der Waals surface area contributed by atoms with Gasteiger partial charge >= 0.3 is 5.97 Å². The first kappa shape index (κ1) is 11.9. The molecule has 0 aliphatic carbocycles. The van der Waals surface area contributed by atoms with Gasteiger partial charge in [-0.05, 0) is 37.6 Å². The summed E-state index contributed by atoms with van der Waals surface area (Å²) in [5.74, 6) is 2.76. The highest BCUT2D eigenvalue weighted by Crippen LogP contribution is 2.16. The maximum absolute atomic E-state index is 10.8.